The number of esters is 1. The number of thioether (sulfide) groups is 1. The van der Waals surface area contributed by atoms with Crippen LogP contribution in [0, 0.1) is 0 Å². The molecule has 9 heteroatoms. The lowest BCUT2D eigenvalue weighted by Crippen LogP contribution is -2.28. The van der Waals surface area contributed by atoms with Crippen LogP contribution in [-0.4, -0.2) is 40.2 Å². The van der Waals surface area contributed by atoms with Gasteiger partial charge in [0.2, 0.25) is 0 Å². The molecular weight excluding hydrogens is 541 g/mol. The van der Waals surface area contributed by atoms with E-state index in [1.165, 1.54) is 18.9 Å². The van der Waals surface area contributed by atoms with Crippen molar-refractivity contribution in [1.82, 2.24) is 9.47 Å². The Balaban J connectivity index is 1.50. The molecule has 1 saturated heterocycles. The number of hydrogen-bond acceptors (Lipinski definition) is 5. The number of aromatic nitrogens is 1. The average Bonchev–Trinajstić information content (AvgIpc) is 3.41. The predicted octanol–water partition coefficient (Wildman–Crippen LogP) is 7.41. The third kappa shape index (κ3) is 5.23. The van der Waals surface area contributed by atoms with Crippen molar-refractivity contribution in [3.63, 3.8) is 0 Å². The van der Waals surface area contributed by atoms with Gasteiger partial charge in [0.1, 0.15) is 0 Å². The number of rotatable bonds is 6. The normalized spacial score (nSPS) is 15.7. The Kier molecular flexibility index (Phi) is 7.61. The molecule has 5 rings (SSSR count). The molecule has 0 aliphatic carbocycles. The van der Waals surface area contributed by atoms with Gasteiger partial charge in [-0.15, -0.1) is 0 Å². The van der Waals surface area contributed by atoms with Crippen LogP contribution >= 0.6 is 35.0 Å². The number of methoxy groups -OCH3 is 1. The molecule has 1 aromatic heterocycles. The molecule has 0 saturated carbocycles. The molecule has 1 aliphatic heterocycles. The first-order valence-corrected chi connectivity index (χ1v) is 13.5. The summed E-state index contributed by atoms with van der Waals surface area (Å²) in [6.07, 6.45) is 3.94. The van der Waals surface area contributed by atoms with Crippen LogP contribution in [0.3, 0.4) is 0 Å². The lowest BCUT2D eigenvalue weighted by Gasteiger charge is -2.12. The number of para-hydroxylation sites is 1. The number of aliphatic imine (C=N–C) groups is 1. The second-order valence-corrected chi connectivity index (χ2v) is 10.4. The van der Waals surface area contributed by atoms with Crippen LogP contribution in [0.2, 0.25) is 10.0 Å². The first kappa shape index (κ1) is 26.1. The van der Waals surface area contributed by atoms with Gasteiger partial charge >= 0.3 is 5.97 Å². The second kappa shape index (κ2) is 11.1. The molecule has 2 heterocycles. The highest BCUT2D eigenvalue weighted by atomic mass is 35.5. The maximum atomic E-state index is 13.3. The van der Waals surface area contributed by atoms with Crippen molar-refractivity contribution in [3.05, 3.63) is 105 Å². The van der Waals surface area contributed by atoms with E-state index < -0.39 is 5.97 Å². The summed E-state index contributed by atoms with van der Waals surface area (Å²) in [7, 11) is 1.34. The molecular formula is C29H23Cl2N3O3S. The Morgan fingerprint density at radius 3 is 2.66 bits per heavy atom. The zero-order chi connectivity index (χ0) is 26.8. The van der Waals surface area contributed by atoms with E-state index in [0.29, 0.717) is 44.5 Å². The van der Waals surface area contributed by atoms with E-state index in [0.717, 1.165) is 22.0 Å². The van der Waals surface area contributed by atoms with Gasteiger partial charge < -0.3 is 9.30 Å². The predicted molar refractivity (Wildman–Crippen MR) is 155 cm³/mol. The molecule has 0 N–H and O–H groups in total. The van der Waals surface area contributed by atoms with Crippen LogP contribution in [0.5, 0.6) is 0 Å². The van der Waals surface area contributed by atoms with E-state index in [-0.39, 0.29) is 5.91 Å². The Bertz CT molecular complexity index is 1630. The Morgan fingerprint density at radius 2 is 1.89 bits per heavy atom. The molecule has 4 aromatic rings. The number of carbonyl (C=O) groups excluding carboxylic acids is 2. The SMILES string of the molecule is CCN1C(=O)C(=Cc2cn(Cc3ccc(Cl)cc3Cl)c3ccccc23)SC1=Nc1cccc(C(=O)OC)c1. The summed E-state index contributed by atoms with van der Waals surface area (Å²) in [6.45, 7) is 2.93. The second-order valence-electron chi connectivity index (χ2n) is 8.56. The van der Waals surface area contributed by atoms with Crippen molar-refractivity contribution in [1.29, 1.82) is 0 Å². The summed E-state index contributed by atoms with van der Waals surface area (Å²) in [6, 6.07) is 20.4. The minimum atomic E-state index is -0.439. The number of benzene rings is 3. The molecule has 1 fully saturated rings. The molecule has 1 amide bonds. The van der Waals surface area contributed by atoms with Gasteiger partial charge in [0.25, 0.3) is 5.91 Å². The van der Waals surface area contributed by atoms with Crippen molar-refractivity contribution in [3.8, 4) is 0 Å². The van der Waals surface area contributed by atoms with Crippen molar-refractivity contribution >= 4 is 74.7 Å². The molecule has 1 aliphatic rings. The monoisotopic (exact) mass is 563 g/mol. The van der Waals surface area contributed by atoms with Crippen molar-refractivity contribution in [2.75, 3.05) is 13.7 Å². The molecule has 192 valence electrons. The Morgan fingerprint density at radius 1 is 1.08 bits per heavy atom. The minimum Gasteiger partial charge on any atom is -0.465 e. The summed E-state index contributed by atoms with van der Waals surface area (Å²) in [5, 5.41) is 2.78. The highest BCUT2D eigenvalue weighted by Gasteiger charge is 2.32. The molecule has 0 radical (unpaired) electrons. The number of fused-ring (bicyclic) bond motifs is 1. The van der Waals surface area contributed by atoms with Crippen LogP contribution in [0.15, 0.2) is 82.8 Å². The Hall–Kier alpha value is -3.52. The zero-order valence-corrected chi connectivity index (χ0v) is 23.0. The van der Waals surface area contributed by atoms with E-state index >= 15 is 0 Å². The molecule has 0 bridgehead atoms. The number of likely N-dealkylation sites (N-methyl/N-ethyl adjacent to an activating group) is 1. The molecule has 38 heavy (non-hydrogen) atoms. The van der Waals surface area contributed by atoms with Gasteiger partial charge in [-0.1, -0.05) is 53.5 Å². The highest BCUT2D eigenvalue weighted by Crippen LogP contribution is 2.36. The number of hydrogen-bond donors (Lipinski definition) is 0. The number of halogens is 2. The third-order valence-corrected chi connectivity index (χ3v) is 7.75. The van der Waals surface area contributed by atoms with Gasteiger partial charge in [-0.3, -0.25) is 9.69 Å². The van der Waals surface area contributed by atoms with E-state index in [4.69, 9.17) is 27.9 Å². The average molecular weight is 564 g/mol. The molecule has 0 atom stereocenters. The molecule has 0 unspecified atom stereocenters. The van der Waals surface area contributed by atoms with E-state index in [9.17, 15) is 9.59 Å². The summed E-state index contributed by atoms with van der Waals surface area (Å²) in [5.74, 6) is -0.552. The topological polar surface area (TPSA) is 63.9 Å². The number of amidine groups is 1. The van der Waals surface area contributed by atoms with Gasteiger partial charge in [-0.05, 0) is 66.7 Å². The van der Waals surface area contributed by atoms with Crippen LogP contribution in [0.4, 0.5) is 5.69 Å². The molecule has 6 nitrogen and oxygen atoms in total. The fourth-order valence-corrected chi connectivity index (χ4v) is 5.82. The lowest BCUT2D eigenvalue weighted by atomic mass is 10.1. The number of ether oxygens (including phenoxy) is 1. The Labute approximate surface area is 234 Å². The van der Waals surface area contributed by atoms with Crippen LogP contribution in [0.25, 0.3) is 17.0 Å². The van der Waals surface area contributed by atoms with E-state index in [1.807, 2.05) is 55.6 Å². The van der Waals surface area contributed by atoms with Crippen molar-refractivity contribution < 1.29 is 14.3 Å². The first-order valence-electron chi connectivity index (χ1n) is 11.9. The maximum Gasteiger partial charge on any atom is 0.337 e. The lowest BCUT2D eigenvalue weighted by molar-refractivity contribution is -0.122. The maximum absolute atomic E-state index is 13.3. The van der Waals surface area contributed by atoms with Crippen LogP contribution in [0.1, 0.15) is 28.4 Å². The molecule has 3 aromatic carbocycles. The van der Waals surface area contributed by atoms with Gasteiger partial charge in [-0.25, -0.2) is 9.79 Å². The number of nitrogens with zero attached hydrogens (tertiary/aromatic N) is 3. The standard InChI is InChI=1S/C29H23Cl2N3O3S/c1-3-34-27(35)26(38-29(34)32-22-8-6-7-18(13-22)28(36)37-2)14-20-17-33(25-10-5-4-9-23(20)25)16-19-11-12-21(30)15-24(19)31/h4-15,17H,3,16H2,1-2H3. The fourth-order valence-electron chi connectivity index (χ4n) is 4.30. The third-order valence-electron chi connectivity index (χ3n) is 6.16. The summed E-state index contributed by atoms with van der Waals surface area (Å²) < 4.78 is 6.93. The quantitative estimate of drug-likeness (QED) is 0.181. The number of amides is 1. The smallest absolute Gasteiger partial charge is 0.337 e. The van der Waals surface area contributed by atoms with Gasteiger partial charge in [-0.2, -0.15) is 0 Å². The summed E-state index contributed by atoms with van der Waals surface area (Å²) in [5.41, 5.74) is 3.87. The summed E-state index contributed by atoms with van der Waals surface area (Å²) in [4.78, 5) is 32.1. The fraction of sp³-hybridized carbons (Fsp3) is 0.138. The van der Waals surface area contributed by atoms with Crippen LogP contribution in [-0.2, 0) is 16.1 Å². The summed E-state index contributed by atoms with van der Waals surface area (Å²) >= 11 is 13.8. The minimum absolute atomic E-state index is 0.113. The zero-order valence-electron chi connectivity index (χ0n) is 20.7. The van der Waals surface area contributed by atoms with Crippen LogP contribution < -0.4 is 0 Å². The van der Waals surface area contributed by atoms with E-state index in [2.05, 4.69) is 9.56 Å². The highest BCUT2D eigenvalue weighted by molar-refractivity contribution is 8.18. The largest absolute Gasteiger partial charge is 0.465 e. The van der Waals surface area contributed by atoms with Gasteiger partial charge in [0.05, 0.1) is 23.3 Å². The van der Waals surface area contributed by atoms with Crippen molar-refractivity contribution in [2.45, 2.75) is 13.5 Å². The van der Waals surface area contributed by atoms with Gasteiger partial charge in [0.15, 0.2) is 5.17 Å². The van der Waals surface area contributed by atoms with Crippen molar-refractivity contribution in [2.24, 2.45) is 4.99 Å². The first-order chi connectivity index (χ1) is 18.4. The molecule has 0 spiro atoms. The number of carbonyl (C=O) groups is 2. The van der Waals surface area contributed by atoms with E-state index in [1.54, 1.807) is 35.2 Å². The van der Waals surface area contributed by atoms with Gasteiger partial charge in [0, 0.05) is 45.8 Å².